The first-order valence-corrected chi connectivity index (χ1v) is 8.39. The zero-order chi connectivity index (χ0) is 16.6. The number of halogens is 2. The second kappa shape index (κ2) is 6.54. The van der Waals surface area contributed by atoms with Gasteiger partial charge in [-0.1, -0.05) is 34.4 Å². The largest absolute Gasteiger partial charge is 0.361 e. The number of rotatable bonds is 3. The van der Waals surface area contributed by atoms with Gasteiger partial charge in [0.1, 0.15) is 5.76 Å². The highest BCUT2D eigenvalue weighted by atomic mass is 35.5. The summed E-state index contributed by atoms with van der Waals surface area (Å²) in [6, 6.07) is 5.64. The van der Waals surface area contributed by atoms with Crippen LogP contribution in [0, 0.1) is 13.8 Å². The van der Waals surface area contributed by atoms with Gasteiger partial charge in [0.15, 0.2) is 0 Å². The predicted molar refractivity (Wildman–Crippen MR) is 89.8 cm³/mol. The van der Waals surface area contributed by atoms with Gasteiger partial charge in [-0.25, -0.2) is 0 Å². The van der Waals surface area contributed by atoms with E-state index in [2.05, 4.69) is 5.16 Å². The SMILES string of the molecule is Cc1noc(C)c1CC(=O)N1CCCC1c1ccc(Cl)c(Cl)c1. The fourth-order valence-corrected chi connectivity index (χ4v) is 3.44. The molecule has 0 radical (unpaired) electrons. The molecule has 4 nitrogen and oxygen atoms in total. The van der Waals surface area contributed by atoms with Crippen LogP contribution in [0.15, 0.2) is 22.7 Å². The van der Waals surface area contributed by atoms with Gasteiger partial charge < -0.3 is 9.42 Å². The highest BCUT2D eigenvalue weighted by Crippen LogP contribution is 2.35. The lowest BCUT2D eigenvalue weighted by molar-refractivity contribution is -0.131. The minimum Gasteiger partial charge on any atom is -0.361 e. The molecule has 2 heterocycles. The van der Waals surface area contributed by atoms with Gasteiger partial charge in [-0.15, -0.1) is 0 Å². The smallest absolute Gasteiger partial charge is 0.227 e. The van der Waals surface area contributed by atoms with Crippen LogP contribution in [0.1, 0.15) is 41.5 Å². The maximum Gasteiger partial charge on any atom is 0.227 e. The number of amides is 1. The molecule has 1 unspecified atom stereocenters. The molecule has 1 fully saturated rings. The molecular formula is C17H18Cl2N2O2. The number of carbonyl (C=O) groups is 1. The number of hydrogen-bond acceptors (Lipinski definition) is 3. The summed E-state index contributed by atoms with van der Waals surface area (Å²) in [7, 11) is 0. The van der Waals surface area contributed by atoms with Crippen molar-refractivity contribution in [1.82, 2.24) is 10.1 Å². The summed E-state index contributed by atoms with van der Waals surface area (Å²) < 4.78 is 5.15. The van der Waals surface area contributed by atoms with Gasteiger partial charge in [0.05, 0.1) is 28.2 Å². The van der Waals surface area contributed by atoms with Gasteiger partial charge in [0, 0.05) is 12.1 Å². The van der Waals surface area contributed by atoms with Crippen LogP contribution >= 0.6 is 23.2 Å². The van der Waals surface area contributed by atoms with E-state index in [0.717, 1.165) is 36.2 Å². The fourth-order valence-electron chi connectivity index (χ4n) is 3.14. The highest BCUT2D eigenvalue weighted by Gasteiger charge is 2.31. The number of hydrogen-bond donors (Lipinski definition) is 0. The number of benzene rings is 1. The molecule has 3 rings (SSSR count). The van der Waals surface area contributed by atoms with E-state index in [4.69, 9.17) is 27.7 Å². The monoisotopic (exact) mass is 352 g/mol. The van der Waals surface area contributed by atoms with Crippen molar-refractivity contribution >= 4 is 29.1 Å². The molecule has 1 amide bonds. The van der Waals surface area contributed by atoms with E-state index in [1.54, 1.807) is 6.07 Å². The average molecular weight is 353 g/mol. The Morgan fingerprint density at radius 3 is 2.78 bits per heavy atom. The molecule has 2 aromatic rings. The lowest BCUT2D eigenvalue weighted by atomic mass is 10.0. The van der Waals surface area contributed by atoms with E-state index in [0.29, 0.717) is 22.2 Å². The zero-order valence-corrected chi connectivity index (χ0v) is 14.6. The number of aryl methyl sites for hydroxylation is 2. The first-order valence-electron chi connectivity index (χ1n) is 7.63. The molecular weight excluding hydrogens is 335 g/mol. The Kier molecular flexibility index (Phi) is 4.64. The van der Waals surface area contributed by atoms with E-state index in [9.17, 15) is 4.79 Å². The minimum absolute atomic E-state index is 0.0535. The molecule has 6 heteroatoms. The molecule has 1 saturated heterocycles. The predicted octanol–water partition coefficient (Wildman–Crippen LogP) is 4.50. The zero-order valence-electron chi connectivity index (χ0n) is 13.1. The Morgan fingerprint density at radius 1 is 1.35 bits per heavy atom. The lowest BCUT2D eigenvalue weighted by Gasteiger charge is -2.25. The first kappa shape index (κ1) is 16.3. The van der Waals surface area contributed by atoms with Crippen LogP contribution in [-0.4, -0.2) is 22.5 Å². The summed E-state index contributed by atoms with van der Waals surface area (Å²) in [5.74, 6) is 0.800. The van der Waals surface area contributed by atoms with Crippen LogP contribution in [0.4, 0.5) is 0 Å². The summed E-state index contributed by atoms with van der Waals surface area (Å²) in [6.45, 7) is 4.45. The van der Waals surface area contributed by atoms with Crippen LogP contribution < -0.4 is 0 Å². The number of carbonyl (C=O) groups excluding carboxylic acids is 1. The Balaban J connectivity index is 1.81. The molecule has 0 bridgehead atoms. The van der Waals surface area contributed by atoms with Gasteiger partial charge in [-0.05, 0) is 44.4 Å². The van der Waals surface area contributed by atoms with E-state index in [1.165, 1.54) is 0 Å². The topological polar surface area (TPSA) is 46.3 Å². The molecule has 122 valence electrons. The van der Waals surface area contributed by atoms with Crippen molar-refractivity contribution < 1.29 is 9.32 Å². The van der Waals surface area contributed by atoms with E-state index in [-0.39, 0.29) is 11.9 Å². The maximum absolute atomic E-state index is 12.8. The average Bonchev–Trinajstić information content (AvgIpc) is 3.12. The second-order valence-corrected chi connectivity index (χ2v) is 6.71. The molecule has 1 atom stereocenters. The summed E-state index contributed by atoms with van der Waals surface area (Å²) >= 11 is 12.1. The Bertz CT molecular complexity index is 723. The summed E-state index contributed by atoms with van der Waals surface area (Å²) in [5, 5.41) is 4.97. The van der Waals surface area contributed by atoms with E-state index >= 15 is 0 Å². The third kappa shape index (κ3) is 3.24. The van der Waals surface area contributed by atoms with Crippen molar-refractivity contribution in [3.63, 3.8) is 0 Å². The fraction of sp³-hybridized carbons (Fsp3) is 0.412. The Labute approximate surface area is 145 Å². The minimum atomic E-state index is 0.0535. The van der Waals surface area contributed by atoms with Crippen molar-refractivity contribution in [2.75, 3.05) is 6.54 Å². The van der Waals surface area contributed by atoms with Crippen molar-refractivity contribution in [2.24, 2.45) is 0 Å². The molecule has 0 aliphatic carbocycles. The third-order valence-corrected chi connectivity index (χ3v) is 5.15. The van der Waals surface area contributed by atoms with Gasteiger partial charge in [-0.3, -0.25) is 4.79 Å². The number of nitrogens with zero attached hydrogens (tertiary/aromatic N) is 2. The molecule has 0 saturated carbocycles. The molecule has 1 aromatic heterocycles. The van der Waals surface area contributed by atoms with Crippen molar-refractivity contribution in [1.29, 1.82) is 0 Å². The molecule has 1 aliphatic rings. The molecule has 1 aliphatic heterocycles. The molecule has 0 spiro atoms. The van der Waals surface area contributed by atoms with Crippen LogP contribution in [0.5, 0.6) is 0 Å². The lowest BCUT2D eigenvalue weighted by Crippen LogP contribution is -2.32. The summed E-state index contributed by atoms with van der Waals surface area (Å²) in [4.78, 5) is 14.7. The highest BCUT2D eigenvalue weighted by molar-refractivity contribution is 6.42. The number of likely N-dealkylation sites (tertiary alicyclic amines) is 1. The van der Waals surface area contributed by atoms with Crippen LogP contribution in [0.2, 0.25) is 10.0 Å². The third-order valence-electron chi connectivity index (χ3n) is 4.41. The van der Waals surface area contributed by atoms with Crippen molar-refractivity contribution in [3.05, 3.63) is 50.8 Å². The maximum atomic E-state index is 12.8. The first-order chi connectivity index (χ1) is 11.0. The van der Waals surface area contributed by atoms with E-state index < -0.39 is 0 Å². The number of aromatic nitrogens is 1. The van der Waals surface area contributed by atoms with Crippen molar-refractivity contribution in [3.8, 4) is 0 Å². The van der Waals surface area contributed by atoms with Gasteiger partial charge >= 0.3 is 0 Å². The normalized spacial score (nSPS) is 17.7. The summed E-state index contributed by atoms with van der Waals surface area (Å²) in [6.07, 6.45) is 2.24. The van der Waals surface area contributed by atoms with Gasteiger partial charge in [-0.2, -0.15) is 0 Å². The molecule has 0 N–H and O–H groups in total. The second-order valence-electron chi connectivity index (χ2n) is 5.90. The van der Waals surface area contributed by atoms with Crippen LogP contribution in [0.3, 0.4) is 0 Å². The quantitative estimate of drug-likeness (QED) is 0.816. The van der Waals surface area contributed by atoms with E-state index in [1.807, 2.05) is 30.9 Å². The molecule has 23 heavy (non-hydrogen) atoms. The molecule has 1 aromatic carbocycles. The Hall–Kier alpha value is -1.52. The van der Waals surface area contributed by atoms with Crippen LogP contribution in [-0.2, 0) is 11.2 Å². The van der Waals surface area contributed by atoms with Gasteiger partial charge in [0.2, 0.25) is 5.91 Å². The Morgan fingerprint density at radius 2 is 2.13 bits per heavy atom. The van der Waals surface area contributed by atoms with Crippen molar-refractivity contribution in [2.45, 2.75) is 39.2 Å². The summed E-state index contributed by atoms with van der Waals surface area (Å²) in [5.41, 5.74) is 2.69. The van der Waals surface area contributed by atoms with Gasteiger partial charge in [0.25, 0.3) is 0 Å². The van der Waals surface area contributed by atoms with Crippen LogP contribution in [0.25, 0.3) is 0 Å². The standard InChI is InChI=1S/C17H18Cl2N2O2/c1-10-13(11(2)23-20-10)9-17(22)21-7-3-4-16(21)12-5-6-14(18)15(19)8-12/h5-6,8,16H,3-4,7,9H2,1-2H3.